The highest BCUT2D eigenvalue weighted by atomic mass is 35.5. The number of nitrogens with zero attached hydrogens (tertiary/aromatic N) is 2. The lowest BCUT2D eigenvalue weighted by molar-refractivity contribution is -0.135. The van der Waals surface area contributed by atoms with Crippen LogP contribution in [0.5, 0.6) is 0 Å². The van der Waals surface area contributed by atoms with Gasteiger partial charge < -0.3 is 14.4 Å². The first-order valence-electron chi connectivity index (χ1n) is 11.6. The summed E-state index contributed by atoms with van der Waals surface area (Å²) < 4.78 is 11.6. The first-order chi connectivity index (χ1) is 15.5. The second-order valence-corrected chi connectivity index (χ2v) is 9.85. The van der Waals surface area contributed by atoms with Gasteiger partial charge in [-0.15, -0.1) is 0 Å². The smallest absolute Gasteiger partial charge is 0.290 e. The molecule has 0 radical (unpaired) electrons. The topological polar surface area (TPSA) is 59.1 Å². The number of morpholine rings is 1. The van der Waals surface area contributed by atoms with Crippen LogP contribution < -0.4 is 0 Å². The lowest BCUT2D eigenvalue weighted by Crippen LogP contribution is -2.39. The fourth-order valence-corrected chi connectivity index (χ4v) is 5.75. The van der Waals surface area contributed by atoms with E-state index in [0.717, 1.165) is 70.5 Å². The number of carbonyl (C=O) groups excluding carboxylic acids is 2. The first-order valence-corrected chi connectivity index (χ1v) is 12.3. The molecule has 1 aromatic rings. The van der Waals surface area contributed by atoms with Gasteiger partial charge in [0.25, 0.3) is 5.91 Å². The quantitative estimate of drug-likeness (QED) is 0.639. The summed E-state index contributed by atoms with van der Waals surface area (Å²) in [5, 5.41) is 0.866. The van der Waals surface area contributed by atoms with Crippen molar-refractivity contribution in [3.8, 4) is 0 Å². The Bertz CT molecular complexity index is 944. The van der Waals surface area contributed by atoms with Gasteiger partial charge in [-0.2, -0.15) is 0 Å². The highest BCUT2D eigenvalue weighted by Crippen LogP contribution is 2.47. The van der Waals surface area contributed by atoms with E-state index < -0.39 is 6.04 Å². The molecular formula is C24H28Cl2N2O4. The van der Waals surface area contributed by atoms with Crippen LogP contribution in [-0.4, -0.2) is 67.0 Å². The molecule has 8 heteroatoms. The lowest BCUT2D eigenvalue weighted by Gasteiger charge is -2.35. The molecule has 5 rings (SSSR count). The number of carbonyl (C=O) groups is 2. The molecule has 1 saturated heterocycles. The Morgan fingerprint density at radius 3 is 2.56 bits per heavy atom. The number of amides is 1. The van der Waals surface area contributed by atoms with Gasteiger partial charge in [0.15, 0.2) is 11.5 Å². The standard InChI is InChI=1S/C24H28Cl2N2O4/c25-17-7-6-15(14-18(17)26)21-20-22(29)16-4-1-2-5-19(16)32-23(20)24(30)28(21)9-3-8-27-10-12-31-13-11-27/h6-7,14,16,19,21H,1-5,8-13H2. The summed E-state index contributed by atoms with van der Waals surface area (Å²) in [6.07, 6.45) is 4.33. The number of benzene rings is 1. The predicted octanol–water partition coefficient (Wildman–Crippen LogP) is 4.01. The molecule has 1 saturated carbocycles. The van der Waals surface area contributed by atoms with Crippen LogP contribution in [0.25, 0.3) is 0 Å². The number of hydrogen-bond acceptors (Lipinski definition) is 5. The summed E-state index contributed by atoms with van der Waals surface area (Å²) in [6, 6.07) is 4.88. The van der Waals surface area contributed by atoms with E-state index >= 15 is 0 Å². The van der Waals surface area contributed by atoms with Crippen LogP contribution in [0.15, 0.2) is 29.5 Å². The van der Waals surface area contributed by atoms with Gasteiger partial charge in [0.1, 0.15) is 6.10 Å². The van der Waals surface area contributed by atoms with Gasteiger partial charge in [-0.1, -0.05) is 35.7 Å². The third kappa shape index (κ3) is 4.07. The minimum atomic E-state index is -0.479. The van der Waals surface area contributed by atoms with E-state index in [1.54, 1.807) is 17.0 Å². The van der Waals surface area contributed by atoms with Crippen LogP contribution in [0, 0.1) is 5.92 Å². The monoisotopic (exact) mass is 478 g/mol. The Morgan fingerprint density at radius 2 is 1.78 bits per heavy atom. The summed E-state index contributed by atoms with van der Waals surface area (Å²) in [5.74, 6) is -0.0269. The van der Waals surface area contributed by atoms with Gasteiger partial charge in [0, 0.05) is 26.2 Å². The van der Waals surface area contributed by atoms with Crippen LogP contribution >= 0.6 is 23.2 Å². The second-order valence-electron chi connectivity index (χ2n) is 9.04. The SMILES string of the molecule is O=C1C2=C(OC3CCCCC13)C(=O)N(CCCN1CCOCC1)C2c1ccc(Cl)c(Cl)c1. The maximum Gasteiger partial charge on any atom is 0.290 e. The molecule has 3 unspecified atom stereocenters. The Morgan fingerprint density at radius 1 is 1.00 bits per heavy atom. The van der Waals surface area contributed by atoms with Gasteiger partial charge in [-0.25, -0.2) is 0 Å². The maximum atomic E-state index is 13.6. The van der Waals surface area contributed by atoms with E-state index in [9.17, 15) is 9.59 Å². The molecule has 3 atom stereocenters. The zero-order valence-corrected chi connectivity index (χ0v) is 19.5. The third-order valence-corrected chi connectivity index (χ3v) is 7.83. The van der Waals surface area contributed by atoms with Gasteiger partial charge >= 0.3 is 0 Å². The maximum absolute atomic E-state index is 13.6. The Hall–Kier alpha value is -1.60. The van der Waals surface area contributed by atoms with E-state index in [1.165, 1.54) is 0 Å². The van der Waals surface area contributed by atoms with E-state index in [-0.39, 0.29) is 29.5 Å². The molecule has 4 aliphatic rings. The molecule has 0 aromatic heterocycles. The van der Waals surface area contributed by atoms with Crippen LogP contribution in [0.2, 0.25) is 10.0 Å². The molecule has 3 aliphatic heterocycles. The Labute approximate surface area is 198 Å². The Kier molecular flexibility index (Phi) is 6.48. The van der Waals surface area contributed by atoms with E-state index in [4.69, 9.17) is 32.7 Å². The number of rotatable bonds is 5. The fraction of sp³-hybridized carbons (Fsp3) is 0.583. The average molecular weight is 479 g/mol. The van der Waals surface area contributed by atoms with Crippen molar-refractivity contribution >= 4 is 34.9 Å². The first kappa shape index (κ1) is 22.2. The largest absolute Gasteiger partial charge is 0.483 e. The summed E-state index contributed by atoms with van der Waals surface area (Å²) in [7, 11) is 0. The van der Waals surface area contributed by atoms with E-state index in [2.05, 4.69) is 4.90 Å². The molecule has 3 heterocycles. The fourth-order valence-electron chi connectivity index (χ4n) is 5.44. The highest BCUT2D eigenvalue weighted by molar-refractivity contribution is 6.42. The highest BCUT2D eigenvalue weighted by Gasteiger charge is 2.51. The molecule has 0 bridgehead atoms. The van der Waals surface area contributed by atoms with Crippen molar-refractivity contribution in [3.63, 3.8) is 0 Å². The molecule has 0 N–H and O–H groups in total. The number of fused-ring (bicyclic) bond motifs is 1. The van der Waals surface area contributed by atoms with Crippen molar-refractivity contribution in [3.05, 3.63) is 45.1 Å². The van der Waals surface area contributed by atoms with Crippen molar-refractivity contribution in [1.82, 2.24) is 9.80 Å². The molecule has 32 heavy (non-hydrogen) atoms. The minimum Gasteiger partial charge on any atom is -0.483 e. The van der Waals surface area contributed by atoms with Gasteiger partial charge in [-0.3, -0.25) is 14.5 Å². The lowest BCUT2D eigenvalue weighted by atomic mass is 9.77. The second kappa shape index (κ2) is 9.34. The molecule has 1 amide bonds. The van der Waals surface area contributed by atoms with Gasteiger partial charge in [0.05, 0.1) is 40.8 Å². The molecule has 1 aromatic carbocycles. The van der Waals surface area contributed by atoms with Crippen LogP contribution in [-0.2, 0) is 19.1 Å². The molecule has 1 aliphatic carbocycles. The van der Waals surface area contributed by atoms with Crippen molar-refractivity contribution < 1.29 is 19.1 Å². The number of halogens is 2. The van der Waals surface area contributed by atoms with Gasteiger partial charge in [0.2, 0.25) is 0 Å². The predicted molar refractivity (Wildman–Crippen MR) is 122 cm³/mol. The molecule has 172 valence electrons. The van der Waals surface area contributed by atoms with Crippen LogP contribution in [0.4, 0.5) is 0 Å². The molecule has 0 spiro atoms. The Balaban J connectivity index is 1.43. The normalized spacial score (nSPS) is 28.6. The molecule has 2 fully saturated rings. The zero-order chi connectivity index (χ0) is 22.2. The summed E-state index contributed by atoms with van der Waals surface area (Å²) in [6.45, 7) is 4.73. The van der Waals surface area contributed by atoms with Crippen molar-refractivity contribution in [2.75, 3.05) is 39.4 Å². The summed E-state index contributed by atoms with van der Waals surface area (Å²) in [5.41, 5.74) is 1.30. The zero-order valence-electron chi connectivity index (χ0n) is 18.0. The molecular weight excluding hydrogens is 451 g/mol. The number of ketones is 1. The van der Waals surface area contributed by atoms with Crippen molar-refractivity contribution in [2.45, 2.75) is 44.2 Å². The minimum absolute atomic E-state index is 0.0658. The summed E-state index contributed by atoms with van der Waals surface area (Å²) >= 11 is 12.5. The third-order valence-electron chi connectivity index (χ3n) is 7.10. The van der Waals surface area contributed by atoms with E-state index in [0.29, 0.717) is 22.2 Å². The average Bonchev–Trinajstić information content (AvgIpc) is 3.09. The van der Waals surface area contributed by atoms with Gasteiger partial charge in [-0.05, 0) is 43.4 Å². The summed E-state index contributed by atoms with van der Waals surface area (Å²) in [4.78, 5) is 31.2. The number of ether oxygens (including phenoxy) is 2. The molecule has 6 nitrogen and oxygen atoms in total. The van der Waals surface area contributed by atoms with Crippen LogP contribution in [0.3, 0.4) is 0 Å². The van der Waals surface area contributed by atoms with E-state index in [1.807, 2.05) is 6.07 Å². The van der Waals surface area contributed by atoms with Crippen molar-refractivity contribution in [2.24, 2.45) is 5.92 Å². The number of Topliss-reactive ketones (excluding diaryl/α,β-unsaturated/α-hetero) is 1. The van der Waals surface area contributed by atoms with Crippen molar-refractivity contribution in [1.29, 1.82) is 0 Å². The number of hydrogen-bond donors (Lipinski definition) is 0. The van der Waals surface area contributed by atoms with Crippen LogP contribution in [0.1, 0.15) is 43.7 Å².